The lowest BCUT2D eigenvalue weighted by Crippen LogP contribution is -2.24. The lowest BCUT2D eigenvalue weighted by atomic mass is 10.2. The Morgan fingerprint density at radius 2 is 2.22 bits per heavy atom. The number of aromatic nitrogens is 2. The number of amides is 1. The van der Waals surface area contributed by atoms with Gasteiger partial charge in [-0.1, -0.05) is 17.7 Å². The lowest BCUT2D eigenvalue weighted by molar-refractivity contribution is 0.0946. The summed E-state index contributed by atoms with van der Waals surface area (Å²) in [6.07, 6.45) is 4.54. The second-order valence-electron chi connectivity index (χ2n) is 3.51. The zero-order valence-electron chi connectivity index (χ0n) is 9.23. The maximum absolute atomic E-state index is 13.5. The first-order valence-electron chi connectivity index (χ1n) is 5.15. The zero-order chi connectivity index (χ0) is 13.0. The van der Waals surface area contributed by atoms with Gasteiger partial charge in [0.2, 0.25) is 0 Å². The minimum Gasteiger partial charge on any atom is -0.348 e. The molecule has 0 fully saturated rings. The summed E-state index contributed by atoms with van der Waals surface area (Å²) in [5.41, 5.74) is 0.699. The van der Waals surface area contributed by atoms with Gasteiger partial charge < -0.3 is 5.32 Å². The molecule has 0 bridgehead atoms. The summed E-state index contributed by atoms with van der Waals surface area (Å²) in [6, 6.07) is 4.84. The van der Waals surface area contributed by atoms with Gasteiger partial charge in [-0.05, 0) is 17.7 Å². The molecule has 0 aliphatic heterocycles. The summed E-state index contributed by atoms with van der Waals surface area (Å²) in [6.45, 7) is 0.270. The van der Waals surface area contributed by atoms with Gasteiger partial charge in [0.05, 0.1) is 5.56 Å². The second-order valence-corrected chi connectivity index (χ2v) is 3.87. The van der Waals surface area contributed by atoms with Crippen molar-refractivity contribution in [3.05, 3.63) is 58.9 Å². The first-order chi connectivity index (χ1) is 8.68. The number of carbonyl (C=O) groups excluding carboxylic acids is 1. The van der Waals surface area contributed by atoms with Gasteiger partial charge in [0.1, 0.15) is 0 Å². The lowest BCUT2D eigenvalue weighted by Gasteiger charge is -2.06. The van der Waals surface area contributed by atoms with Crippen LogP contribution in [0.2, 0.25) is 5.15 Å². The van der Waals surface area contributed by atoms with Crippen LogP contribution in [0.25, 0.3) is 0 Å². The van der Waals surface area contributed by atoms with Crippen LogP contribution in [-0.4, -0.2) is 15.9 Å². The summed E-state index contributed by atoms with van der Waals surface area (Å²) >= 11 is 5.50. The monoisotopic (exact) mass is 265 g/mol. The van der Waals surface area contributed by atoms with E-state index in [1.165, 1.54) is 12.3 Å². The molecule has 0 aliphatic carbocycles. The number of halogens is 2. The van der Waals surface area contributed by atoms with E-state index in [4.69, 9.17) is 11.6 Å². The Kier molecular flexibility index (Phi) is 3.84. The van der Waals surface area contributed by atoms with Crippen LogP contribution >= 0.6 is 11.6 Å². The largest absolute Gasteiger partial charge is 0.348 e. The molecule has 0 aromatic carbocycles. The van der Waals surface area contributed by atoms with E-state index >= 15 is 0 Å². The molecular weight excluding hydrogens is 257 g/mol. The molecule has 2 aromatic heterocycles. The highest BCUT2D eigenvalue weighted by atomic mass is 35.5. The maximum Gasteiger partial charge on any atom is 0.254 e. The Morgan fingerprint density at radius 3 is 2.94 bits per heavy atom. The van der Waals surface area contributed by atoms with E-state index in [0.717, 1.165) is 5.56 Å². The van der Waals surface area contributed by atoms with Crippen molar-refractivity contribution in [1.29, 1.82) is 0 Å². The molecule has 0 saturated carbocycles. The van der Waals surface area contributed by atoms with E-state index in [-0.39, 0.29) is 17.3 Å². The van der Waals surface area contributed by atoms with Crippen LogP contribution in [-0.2, 0) is 6.54 Å². The third-order valence-electron chi connectivity index (χ3n) is 2.27. The summed E-state index contributed by atoms with van der Waals surface area (Å²) in [5, 5.41) is 2.26. The van der Waals surface area contributed by atoms with E-state index in [1.807, 2.05) is 6.07 Å². The number of nitrogens with one attached hydrogen (secondary N) is 1. The molecular formula is C12H9ClFN3O. The summed E-state index contributed by atoms with van der Waals surface area (Å²) < 4.78 is 13.5. The fourth-order valence-corrected chi connectivity index (χ4v) is 1.53. The van der Waals surface area contributed by atoms with Crippen LogP contribution in [0, 0.1) is 5.82 Å². The van der Waals surface area contributed by atoms with Crippen LogP contribution in [0.5, 0.6) is 0 Å². The van der Waals surface area contributed by atoms with Gasteiger partial charge in [-0.2, -0.15) is 0 Å². The highest BCUT2D eigenvalue weighted by Gasteiger charge is 2.14. The third-order valence-corrected chi connectivity index (χ3v) is 2.53. The molecule has 0 spiro atoms. The molecule has 2 rings (SSSR count). The number of hydrogen-bond acceptors (Lipinski definition) is 3. The van der Waals surface area contributed by atoms with Gasteiger partial charge in [0.25, 0.3) is 5.91 Å². The van der Waals surface area contributed by atoms with Crippen molar-refractivity contribution in [2.45, 2.75) is 6.54 Å². The van der Waals surface area contributed by atoms with Crippen molar-refractivity contribution in [3.63, 3.8) is 0 Å². The van der Waals surface area contributed by atoms with E-state index in [9.17, 15) is 9.18 Å². The van der Waals surface area contributed by atoms with Crippen molar-refractivity contribution >= 4 is 17.5 Å². The minimum absolute atomic E-state index is 0.126. The number of pyridine rings is 2. The molecule has 92 valence electrons. The average molecular weight is 266 g/mol. The third kappa shape index (κ3) is 2.81. The SMILES string of the molecule is O=C(NCc1cccnc1)c1ccnc(Cl)c1F. The molecule has 18 heavy (non-hydrogen) atoms. The number of hydrogen-bond donors (Lipinski definition) is 1. The standard InChI is InChI=1S/C12H9ClFN3O/c13-11-10(14)9(3-5-16-11)12(18)17-7-8-2-1-4-15-6-8/h1-6H,7H2,(H,17,18). The fraction of sp³-hybridized carbons (Fsp3) is 0.0833. The number of rotatable bonds is 3. The Morgan fingerprint density at radius 1 is 1.39 bits per heavy atom. The van der Waals surface area contributed by atoms with Gasteiger partial charge in [-0.25, -0.2) is 9.37 Å². The van der Waals surface area contributed by atoms with Gasteiger partial charge >= 0.3 is 0 Å². The smallest absolute Gasteiger partial charge is 0.254 e. The van der Waals surface area contributed by atoms with Gasteiger partial charge in [0.15, 0.2) is 11.0 Å². The van der Waals surface area contributed by atoms with Crippen LogP contribution in [0.1, 0.15) is 15.9 Å². The van der Waals surface area contributed by atoms with E-state index in [1.54, 1.807) is 18.5 Å². The van der Waals surface area contributed by atoms with E-state index in [0.29, 0.717) is 0 Å². The molecule has 1 amide bonds. The van der Waals surface area contributed by atoms with Gasteiger partial charge in [-0.15, -0.1) is 0 Å². The number of nitrogens with zero attached hydrogens (tertiary/aromatic N) is 2. The average Bonchev–Trinajstić information content (AvgIpc) is 2.40. The maximum atomic E-state index is 13.5. The van der Waals surface area contributed by atoms with E-state index in [2.05, 4.69) is 15.3 Å². The molecule has 0 saturated heterocycles. The predicted molar refractivity (Wildman–Crippen MR) is 64.6 cm³/mol. The van der Waals surface area contributed by atoms with E-state index < -0.39 is 11.7 Å². The fourth-order valence-electron chi connectivity index (χ4n) is 1.37. The minimum atomic E-state index is -0.817. The zero-order valence-corrected chi connectivity index (χ0v) is 9.99. The number of carbonyl (C=O) groups is 1. The molecule has 0 atom stereocenters. The first kappa shape index (κ1) is 12.4. The highest BCUT2D eigenvalue weighted by Crippen LogP contribution is 2.14. The van der Waals surface area contributed by atoms with Crippen LogP contribution in [0.4, 0.5) is 4.39 Å². The topological polar surface area (TPSA) is 54.9 Å². The Balaban J connectivity index is 2.07. The van der Waals surface area contributed by atoms with Crippen molar-refractivity contribution in [3.8, 4) is 0 Å². The summed E-state index contributed by atoms with van der Waals surface area (Å²) in [7, 11) is 0. The van der Waals surface area contributed by atoms with Crippen molar-refractivity contribution in [2.75, 3.05) is 0 Å². The molecule has 0 unspecified atom stereocenters. The Hall–Kier alpha value is -2.01. The predicted octanol–water partition coefficient (Wildman–Crippen LogP) is 2.20. The highest BCUT2D eigenvalue weighted by molar-refractivity contribution is 6.29. The van der Waals surface area contributed by atoms with Crippen molar-refractivity contribution in [1.82, 2.24) is 15.3 Å². The van der Waals surface area contributed by atoms with Gasteiger partial charge in [0, 0.05) is 25.1 Å². The molecule has 1 N–H and O–H groups in total. The normalized spacial score (nSPS) is 10.1. The molecule has 2 heterocycles. The van der Waals surface area contributed by atoms with Crippen LogP contribution in [0.3, 0.4) is 0 Å². The molecule has 6 heteroatoms. The molecule has 4 nitrogen and oxygen atoms in total. The van der Waals surface area contributed by atoms with Crippen molar-refractivity contribution in [2.24, 2.45) is 0 Å². The van der Waals surface area contributed by atoms with Crippen LogP contribution < -0.4 is 5.32 Å². The molecule has 0 aliphatic rings. The quantitative estimate of drug-likeness (QED) is 0.866. The Labute approximate surface area is 108 Å². The Bertz CT molecular complexity index is 563. The second kappa shape index (κ2) is 5.55. The molecule has 0 radical (unpaired) electrons. The summed E-state index contributed by atoms with van der Waals surface area (Å²) in [5.74, 6) is -1.36. The van der Waals surface area contributed by atoms with Gasteiger partial charge in [-0.3, -0.25) is 9.78 Å². The van der Waals surface area contributed by atoms with Crippen LogP contribution in [0.15, 0.2) is 36.8 Å². The first-order valence-corrected chi connectivity index (χ1v) is 5.53. The molecule has 2 aromatic rings. The summed E-state index contributed by atoms with van der Waals surface area (Å²) in [4.78, 5) is 19.2. The van der Waals surface area contributed by atoms with Crippen molar-refractivity contribution < 1.29 is 9.18 Å².